The van der Waals surface area contributed by atoms with Crippen LogP contribution in [0.5, 0.6) is 0 Å². The number of nitrogens with zero attached hydrogens (tertiary/aromatic N) is 3. The normalized spacial score (nSPS) is 11.7. The van der Waals surface area contributed by atoms with Crippen LogP contribution in [0.1, 0.15) is 11.4 Å². The van der Waals surface area contributed by atoms with Gasteiger partial charge in [-0.2, -0.15) is 0 Å². The number of benzene rings is 4. The lowest BCUT2D eigenvalue weighted by atomic mass is 10.1. The smallest absolute Gasteiger partial charge is 0.0820 e. The van der Waals surface area contributed by atoms with Gasteiger partial charge in [-0.05, 0) is 57.9 Å². The first-order chi connectivity index (χ1) is 14.8. The van der Waals surface area contributed by atoms with Crippen molar-refractivity contribution >= 4 is 45.3 Å². The number of aromatic nitrogens is 1. The van der Waals surface area contributed by atoms with Crippen LogP contribution >= 0.6 is 0 Å². The number of rotatable bonds is 4. The van der Waals surface area contributed by atoms with Crippen LogP contribution in [0.15, 0.2) is 113 Å². The minimum atomic E-state index is 0.797. The highest BCUT2D eigenvalue weighted by Crippen LogP contribution is 2.22. The molecule has 1 aromatic heterocycles. The molecule has 1 heterocycles. The average Bonchev–Trinajstić information content (AvgIpc) is 2.81. The van der Waals surface area contributed by atoms with Crippen molar-refractivity contribution in [3.05, 3.63) is 115 Å². The molecule has 0 bridgehead atoms. The molecule has 0 fully saturated rings. The van der Waals surface area contributed by atoms with Crippen molar-refractivity contribution in [2.24, 2.45) is 9.98 Å². The maximum atomic E-state index is 4.63. The molecule has 0 spiro atoms. The van der Waals surface area contributed by atoms with Gasteiger partial charge in [0.05, 0.1) is 35.2 Å². The summed E-state index contributed by atoms with van der Waals surface area (Å²) in [5, 5.41) is 4.77. The first-order valence-corrected chi connectivity index (χ1v) is 9.86. The predicted octanol–water partition coefficient (Wildman–Crippen LogP) is 6.89. The Morgan fingerprint density at radius 3 is 1.43 bits per heavy atom. The quantitative estimate of drug-likeness (QED) is 0.310. The van der Waals surface area contributed by atoms with Crippen molar-refractivity contribution in [3.63, 3.8) is 0 Å². The lowest BCUT2D eigenvalue weighted by Crippen LogP contribution is -1.92. The van der Waals surface area contributed by atoms with Crippen molar-refractivity contribution in [2.75, 3.05) is 0 Å². The third kappa shape index (κ3) is 4.01. The monoisotopic (exact) mass is 385 g/mol. The van der Waals surface area contributed by atoms with Gasteiger partial charge >= 0.3 is 0 Å². The fourth-order valence-corrected chi connectivity index (χ4v) is 3.41. The van der Waals surface area contributed by atoms with E-state index in [2.05, 4.69) is 63.5 Å². The molecule has 0 aliphatic carbocycles. The highest BCUT2D eigenvalue weighted by Gasteiger charge is 1.97. The fraction of sp³-hybridized carbons (Fsp3) is 0. The lowest BCUT2D eigenvalue weighted by Gasteiger charge is -2.00. The molecule has 0 unspecified atom stereocenters. The molecule has 0 radical (unpaired) electrons. The summed E-state index contributed by atoms with van der Waals surface area (Å²) >= 11 is 0. The van der Waals surface area contributed by atoms with E-state index in [-0.39, 0.29) is 0 Å². The summed E-state index contributed by atoms with van der Waals surface area (Å²) in [6, 6.07) is 34.8. The van der Waals surface area contributed by atoms with E-state index < -0.39 is 0 Å². The summed E-state index contributed by atoms with van der Waals surface area (Å²) in [4.78, 5) is 13.8. The molecule has 0 amide bonds. The number of pyridine rings is 1. The second-order valence-electron chi connectivity index (χ2n) is 7.07. The minimum absolute atomic E-state index is 0.797. The van der Waals surface area contributed by atoms with E-state index in [1.165, 1.54) is 21.5 Å². The van der Waals surface area contributed by atoms with Gasteiger partial charge in [0.1, 0.15) is 0 Å². The van der Waals surface area contributed by atoms with Crippen LogP contribution in [-0.2, 0) is 0 Å². The van der Waals surface area contributed by atoms with Gasteiger partial charge in [0.25, 0.3) is 0 Å². The fourth-order valence-electron chi connectivity index (χ4n) is 3.41. The third-order valence-electron chi connectivity index (χ3n) is 4.95. The SMILES string of the molecule is C(=Nc1ccc2ccccc2c1)c1cccc(C=Nc2ccc3ccccc3c2)n1. The lowest BCUT2D eigenvalue weighted by molar-refractivity contribution is 1.27. The van der Waals surface area contributed by atoms with Gasteiger partial charge in [0.15, 0.2) is 0 Å². The first-order valence-electron chi connectivity index (χ1n) is 9.86. The van der Waals surface area contributed by atoms with E-state index in [9.17, 15) is 0 Å². The topological polar surface area (TPSA) is 37.6 Å². The van der Waals surface area contributed by atoms with Crippen LogP contribution < -0.4 is 0 Å². The van der Waals surface area contributed by atoms with E-state index in [4.69, 9.17) is 0 Å². The molecular formula is C27H19N3. The van der Waals surface area contributed by atoms with Crippen molar-refractivity contribution in [3.8, 4) is 0 Å². The van der Waals surface area contributed by atoms with Crippen LogP contribution in [0.3, 0.4) is 0 Å². The van der Waals surface area contributed by atoms with E-state index in [1.807, 2.05) is 54.6 Å². The molecule has 5 aromatic rings. The summed E-state index contributed by atoms with van der Waals surface area (Å²) in [6.07, 6.45) is 3.58. The molecule has 0 N–H and O–H groups in total. The van der Waals surface area contributed by atoms with Crippen molar-refractivity contribution in [2.45, 2.75) is 0 Å². The van der Waals surface area contributed by atoms with Crippen molar-refractivity contribution in [1.29, 1.82) is 0 Å². The summed E-state index contributed by atoms with van der Waals surface area (Å²) in [6.45, 7) is 0. The third-order valence-corrected chi connectivity index (χ3v) is 4.95. The summed E-state index contributed by atoms with van der Waals surface area (Å²) in [5.74, 6) is 0. The number of aliphatic imine (C=N–C) groups is 2. The largest absolute Gasteiger partial charge is 0.255 e. The summed E-state index contributed by atoms with van der Waals surface area (Å²) in [5.41, 5.74) is 3.41. The Bertz CT molecular complexity index is 1300. The van der Waals surface area contributed by atoms with Gasteiger partial charge < -0.3 is 0 Å². The van der Waals surface area contributed by atoms with Crippen LogP contribution in [0.4, 0.5) is 11.4 Å². The molecule has 142 valence electrons. The molecule has 4 aromatic carbocycles. The van der Waals surface area contributed by atoms with Crippen LogP contribution in [0, 0.1) is 0 Å². The molecule has 30 heavy (non-hydrogen) atoms. The molecule has 5 rings (SSSR count). The Morgan fingerprint density at radius 2 is 0.933 bits per heavy atom. The van der Waals surface area contributed by atoms with Crippen LogP contribution in [0.2, 0.25) is 0 Å². The number of fused-ring (bicyclic) bond motifs is 2. The van der Waals surface area contributed by atoms with Gasteiger partial charge in [-0.3, -0.25) is 9.98 Å². The van der Waals surface area contributed by atoms with Crippen LogP contribution in [-0.4, -0.2) is 17.4 Å². The Kier molecular flexibility index (Phi) is 4.84. The van der Waals surface area contributed by atoms with E-state index in [0.717, 1.165) is 22.8 Å². The Labute approximate surface area is 175 Å². The van der Waals surface area contributed by atoms with E-state index in [1.54, 1.807) is 12.4 Å². The van der Waals surface area contributed by atoms with Gasteiger partial charge in [-0.1, -0.05) is 66.7 Å². The second kappa shape index (κ2) is 8.10. The maximum Gasteiger partial charge on any atom is 0.0820 e. The van der Waals surface area contributed by atoms with E-state index >= 15 is 0 Å². The Morgan fingerprint density at radius 1 is 0.467 bits per heavy atom. The highest BCUT2D eigenvalue weighted by atomic mass is 14.8. The molecule has 3 heteroatoms. The highest BCUT2D eigenvalue weighted by molar-refractivity contribution is 5.89. The molecule has 0 aliphatic heterocycles. The zero-order valence-corrected chi connectivity index (χ0v) is 16.3. The molecule has 0 saturated heterocycles. The Balaban J connectivity index is 1.36. The average molecular weight is 385 g/mol. The van der Waals surface area contributed by atoms with Crippen LogP contribution in [0.25, 0.3) is 21.5 Å². The number of hydrogen-bond donors (Lipinski definition) is 0. The number of hydrogen-bond acceptors (Lipinski definition) is 3. The van der Waals surface area contributed by atoms with Crippen molar-refractivity contribution in [1.82, 2.24) is 4.98 Å². The minimum Gasteiger partial charge on any atom is -0.255 e. The standard InChI is InChI=1S/C27H19N3/c1-3-8-22-16-24(14-12-20(22)6-1)28-18-26-10-5-11-27(30-26)19-29-25-15-13-21-7-2-4-9-23(21)17-25/h1-19H. The molecule has 0 saturated carbocycles. The first kappa shape index (κ1) is 18.0. The van der Waals surface area contributed by atoms with Gasteiger partial charge in [-0.15, -0.1) is 0 Å². The second-order valence-corrected chi connectivity index (χ2v) is 7.07. The molecule has 3 nitrogen and oxygen atoms in total. The summed E-state index contributed by atoms with van der Waals surface area (Å²) in [7, 11) is 0. The predicted molar refractivity (Wildman–Crippen MR) is 127 cm³/mol. The molecular weight excluding hydrogens is 366 g/mol. The summed E-state index contributed by atoms with van der Waals surface area (Å²) < 4.78 is 0. The molecule has 0 aliphatic rings. The van der Waals surface area contributed by atoms with E-state index in [0.29, 0.717) is 0 Å². The van der Waals surface area contributed by atoms with Gasteiger partial charge in [0.2, 0.25) is 0 Å². The zero-order chi connectivity index (χ0) is 20.2. The van der Waals surface area contributed by atoms with Crippen molar-refractivity contribution < 1.29 is 0 Å². The molecule has 0 atom stereocenters. The maximum absolute atomic E-state index is 4.63. The van der Waals surface area contributed by atoms with Gasteiger partial charge in [-0.25, -0.2) is 4.98 Å². The van der Waals surface area contributed by atoms with Gasteiger partial charge in [0, 0.05) is 0 Å². The zero-order valence-electron chi connectivity index (χ0n) is 16.3. The Hall–Kier alpha value is -4.11.